The summed E-state index contributed by atoms with van der Waals surface area (Å²) in [4.78, 5) is 12.1. The van der Waals surface area contributed by atoms with E-state index in [1.165, 1.54) is 9.36 Å². The molecule has 0 aliphatic carbocycles. The molecular weight excluding hydrogens is 308 g/mol. The predicted octanol–water partition coefficient (Wildman–Crippen LogP) is 1.86. The number of hydrogen-bond acceptors (Lipinski definition) is 5. The van der Waals surface area contributed by atoms with Crippen LogP contribution in [-0.4, -0.2) is 26.9 Å². The van der Waals surface area contributed by atoms with Crippen LogP contribution in [0.4, 0.5) is 0 Å². The van der Waals surface area contributed by atoms with E-state index >= 15 is 0 Å². The van der Waals surface area contributed by atoms with Crippen LogP contribution in [0.15, 0.2) is 47.3 Å². The molecule has 0 N–H and O–H groups in total. The van der Waals surface area contributed by atoms with Gasteiger partial charge in [-0.2, -0.15) is 9.36 Å². The van der Waals surface area contributed by atoms with Gasteiger partial charge in [0.05, 0.1) is 12.8 Å². The number of methoxy groups -OCH3 is 1. The van der Waals surface area contributed by atoms with E-state index in [-0.39, 0.29) is 12.3 Å². The Bertz CT molecular complexity index is 914. The molecule has 1 heterocycles. The number of nitrogens with zero attached hydrogens (tertiary/aromatic N) is 4. The maximum Gasteiger partial charge on any atom is 0.368 e. The summed E-state index contributed by atoms with van der Waals surface area (Å²) in [6, 6.07) is 13.1. The van der Waals surface area contributed by atoms with Gasteiger partial charge in [-0.15, -0.1) is 0 Å². The predicted molar refractivity (Wildman–Crippen MR) is 88.7 cm³/mol. The Kier molecular flexibility index (Phi) is 4.33. The Hall–Kier alpha value is -3.09. The van der Waals surface area contributed by atoms with Gasteiger partial charge in [-0.3, -0.25) is 0 Å². The average Bonchev–Trinajstić information content (AvgIpc) is 2.93. The van der Waals surface area contributed by atoms with E-state index in [1.807, 2.05) is 49.4 Å². The number of aryl methyl sites for hydroxylation is 2. The zero-order valence-corrected chi connectivity index (χ0v) is 13.8. The molecule has 7 heteroatoms. The number of rotatable bonds is 5. The molecule has 124 valence electrons. The lowest BCUT2D eigenvalue weighted by Crippen LogP contribution is -2.23. The summed E-state index contributed by atoms with van der Waals surface area (Å²) in [6.07, 6.45) is 0. The minimum atomic E-state index is -0.306. The molecular formula is C17H18N4O3. The molecule has 3 aromatic rings. The maximum absolute atomic E-state index is 12.1. The van der Waals surface area contributed by atoms with Crippen molar-refractivity contribution in [2.24, 2.45) is 7.05 Å². The summed E-state index contributed by atoms with van der Waals surface area (Å²) < 4.78 is 13.7. The summed E-state index contributed by atoms with van der Waals surface area (Å²) in [6.45, 7) is 2.25. The molecule has 0 atom stereocenters. The maximum atomic E-state index is 12.1. The van der Waals surface area contributed by atoms with E-state index in [0.29, 0.717) is 17.2 Å². The molecule has 0 unspecified atom stereocenters. The van der Waals surface area contributed by atoms with Crippen molar-refractivity contribution in [3.63, 3.8) is 0 Å². The van der Waals surface area contributed by atoms with Gasteiger partial charge >= 0.3 is 5.69 Å². The third-order valence-corrected chi connectivity index (χ3v) is 3.78. The Morgan fingerprint density at radius 2 is 1.79 bits per heavy atom. The van der Waals surface area contributed by atoms with Crippen LogP contribution in [0.2, 0.25) is 0 Å². The monoisotopic (exact) mass is 326 g/mol. The van der Waals surface area contributed by atoms with Gasteiger partial charge in [-0.1, -0.05) is 24.3 Å². The third-order valence-electron chi connectivity index (χ3n) is 3.78. The highest BCUT2D eigenvalue weighted by Gasteiger charge is 2.14. The summed E-state index contributed by atoms with van der Waals surface area (Å²) >= 11 is 0. The quantitative estimate of drug-likeness (QED) is 0.716. The summed E-state index contributed by atoms with van der Waals surface area (Å²) in [5, 5.41) is 7.68. The van der Waals surface area contributed by atoms with Crippen molar-refractivity contribution < 1.29 is 9.47 Å². The van der Waals surface area contributed by atoms with Crippen LogP contribution in [0, 0.1) is 6.92 Å². The fraction of sp³-hybridized carbons (Fsp3) is 0.235. The Balaban J connectivity index is 1.96. The van der Waals surface area contributed by atoms with Crippen molar-refractivity contribution in [2.75, 3.05) is 7.11 Å². The SMILES string of the molecule is COc1ccccc1OCc1c(C)cccc1-n1nnn(C)c1=O. The molecule has 1 aromatic heterocycles. The van der Waals surface area contributed by atoms with Crippen molar-refractivity contribution in [1.29, 1.82) is 0 Å². The third kappa shape index (κ3) is 2.88. The number of benzene rings is 2. The highest BCUT2D eigenvalue weighted by Crippen LogP contribution is 2.28. The van der Waals surface area contributed by atoms with Crippen LogP contribution >= 0.6 is 0 Å². The normalized spacial score (nSPS) is 10.6. The Morgan fingerprint density at radius 3 is 2.46 bits per heavy atom. The van der Waals surface area contributed by atoms with Crippen LogP contribution in [0.1, 0.15) is 11.1 Å². The molecule has 0 aliphatic heterocycles. The van der Waals surface area contributed by atoms with Crippen molar-refractivity contribution in [2.45, 2.75) is 13.5 Å². The van der Waals surface area contributed by atoms with E-state index < -0.39 is 0 Å². The lowest BCUT2D eigenvalue weighted by atomic mass is 10.1. The van der Waals surface area contributed by atoms with Gasteiger partial charge < -0.3 is 9.47 Å². The van der Waals surface area contributed by atoms with Gasteiger partial charge in [-0.25, -0.2) is 4.79 Å². The Morgan fingerprint density at radius 1 is 1.04 bits per heavy atom. The number of aromatic nitrogens is 4. The van der Waals surface area contributed by atoms with Gasteiger partial charge in [0.25, 0.3) is 0 Å². The second-order valence-corrected chi connectivity index (χ2v) is 5.31. The van der Waals surface area contributed by atoms with Gasteiger partial charge in [0.1, 0.15) is 6.61 Å². The molecule has 2 aromatic carbocycles. The van der Waals surface area contributed by atoms with Gasteiger partial charge in [0, 0.05) is 12.6 Å². The van der Waals surface area contributed by atoms with Crippen LogP contribution < -0.4 is 15.2 Å². The zero-order valence-electron chi connectivity index (χ0n) is 13.8. The average molecular weight is 326 g/mol. The van der Waals surface area contributed by atoms with Crippen molar-refractivity contribution in [1.82, 2.24) is 19.8 Å². The molecule has 0 bridgehead atoms. The lowest BCUT2D eigenvalue weighted by molar-refractivity contribution is 0.283. The van der Waals surface area contributed by atoms with Crippen molar-refractivity contribution in [3.8, 4) is 17.2 Å². The van der Waals surface area contributed by atoms with Gasteiger partial charge in [0.15, 0.2) is 11.5 Å². The second-order valence-electron chi connectivity index (χ2n) is 5.31. The smallest absolute Gasteiger partial charge is 0.368 e. The number of para-hydroxylation sites is 2. The first-order valence-electron chi connectivity index (χ1n) is 7.45. The minimum Gasteiger partial charge on any atom is -0.493 e. The zero-order chi connectivity index (χ0) is 17.1. The lowest BCUT2D eigenvalue weighted by Gasteiger charge is -2.14. The van der Waals surface area contributed by atoms with E-state index in [9.17, 15) is 4.79 Å². The van der Waals surface area contributed by atoms with Crippen molar-refractivity contribution in [3.05, 3.63) is 64.1 Å². The van der Waals surface area contributed by atoms with Crippen molar-refractivity contribution >= 4 is 0 Å². The molecule has 0 spiro atoms. The number of ether oxygens (including phenoxy) is 2. The molecule has 3 rings (SSSR count). The van der Waals surface area contributed by atoms with E-state index in [1.54, 1.807) is 14.2 Å². The van der Waals surface area contributed by atoms with Crippen LogP contribution in [0.3, 0.4) is 0 Å². The van der Waals surface area contributed by atoms with Gasteiger partial charge in [0.2, 0.25) is 0 Å². The van der Waals surface area contributed by atoms with E-state index in [0.717, 1.165) is 11.1 Å². The summed E-state index contributed by atoms with van der Waals surface area (Å²) in [5.74, 6) is 1.30. The Labute approximate surface area is 139 Å². The molecule has 0 saturated carbocycles. The number of hydrogen-bond donors (Lipinski definition) is 0. The first kappa shape index (κ1) is 15.8. The standard InChI is InChI=1S/C17H18N4O3/c1-12-7-6-8-14(21-17(22)20(2)18-19-21)13(12)11-24-16-10-5-4-9-15(16)23-3/h4-10H,11H2,1-3H3. The first-order chi connectivity index (χ1) is 11.6. The van der Waals surface area contributed by atoms with Gasteiger partial charge in [-0.05, 0) is 41.1 Å². The molecule has 0 radical (unpaired) electrons. The van der Waals surface area contributed by atoms with E-state index in [4.69, 9.17) is 9.47 Å². The highest BCUT2D eigenvalue weighted by atomic mass is 16.5. The molecule has 0 saturated heterocycles. The van der Waals surface area contributed by atoms with Crippen LogP contribution in [0.25, 0.3) is 5.69 Å². The fourth-order valence-electron chi connectivity index (χ4n) is 2.43. The highest BCUT2D eigenvalue weighted by molar-refractivity contribution is 5.45. The second kappa shape index (κ2) is 6.57. The summed E-state index contributed by atoms with van der Waals surface area (Å²) in [7, 11) is 3.16. The topological polar surface area (TPSA) is 71.2 Å². The largest absolute Gasteiger partial charge is 0.493 e. The minimum absolute atomic E-state index is 0.283. The molecule has 0 fully saturated rings. The molecule has 7 nitrogen and oxygen atoms in total. The summed E-state index contributed by atoms with van der Waals surface area (Å²) in [5.41, 5.74) is 2.22. The molecule has 24 heavy (non-hydrogen) atoms. The van der Waals surface area contributed by atoms with E-state index in [2.05, 4.69) is 10.4 Å². The number of tetrazole rings is 1. The fourth-order valence-corrected chi connectivity index (χ4v) is 2.43. The van der Waals surface area contributed by atoms with Crippen LogP contribution in [0.5, 0.6) is 11.5 Å². The first-order valence-corrected chi connectivity index (χ1v) is 7.45. The molecule has 0 aliphatic rings. The molecule has 0 amide bonds. The van der Waals surface area contributed by atoms with Crippen LogP contribution in [-0.2, 0) is 13.7 Å².